The molecule has 0 aliphatic carbocycles. The number of pyridine rings is 1. The molecule has 0 spiro atoms. The number of hydrogen-bond acceptors (Lipinski definition) is 3. The first kappa shape index (κ1) is 10.9. The molecule has 0 bridgehead atoms. The largest absolute Gasteiger partial charge is 0.381 e. The summed E-state index contributed by atoms with van der Waals surface area (Å²) in [6, 6.07) is 11.1. The van der Waals surface area contributed by atoms with E-state index in [0.717, 1.165) is 11.2 Å². The molecule has 1 aliphatic rings. The molecule has 1 aromatic heterocycles. The van der Waals surface area contributed by atoms with E-state index in [1.54, 1.807) is 0 Å². The first-order valence-electron chi connectivity index (χ1n) is 6.11. The third-order valence-corrected chi connectivity index (χ3v) is 4.23. The van der Waals surface area contributed by atoms with Crippen LogP contribution in [0.25, 0.3) is 10.9 Å². The fourth-order valence-corrected chi connectivity index (χ4v) is 3.33. The summed E-state index contributed by atoms with van der Waals surface area (Å²) in [5.74, 6) is 2.55. The van der Waals surface area contributed by atoms with Crippen molar-refractivity contribution in [3.8, 4) is 0 Å². The quantitative estimate of drug-likeness (QED) is 0.874. The van der Waals surface area contributed by atoms with Crippen molar-refractivity contribution < 1.29 is 0 Å². The number of anilines is 1. The lowest BCUT2D eigenvalue weighted by molar-refractivity contribution is 0.666. The Bertz CT molecular complexity index is 506. The van der Waals surface area contributed by atoms with Gasteiger partial charge in [-0.05, 0) is 36.5 Å². The summed E-state index contributed by atoms with van der Waals surface area (Å²) in [6.07, 6.45) is 4.47. The molecular weight excluding hydrogens is 228 g/mol. The van der Waals surface area contributed by atoms with Gasteiger partial charge in [-0.1, -0.05) is 18.2 Å². The molecule has 0 amide bonds. The van der Waals surface area contributed by atoms with E-state index < -0.39 is 0 Å². The Balaban J connectivity index is 1.80. The van der Waals surface area contributed by atoms with Crippen molar-refractivity contribution in [3.05, 3.63) is 36.5 Å². The molecule has 0 atom stereocenters. The Morgan fingerprint density at radius 2 is 2.00 bits per heavy atom. The lowest BCUT2D eigenvalue weighted by Gasteiger charge is -2.23. The van der Waals surface area contributed by atoms with Gasteiger partial charge in [0.1, 0.15) is 0 Å². The van der Waals surface area contributed by atoms with E-state index in [4.69, 9.17) is 0 Å². The molecule has 17 heavy (non-hydrogen) atoms. The molecule has 88 valence electrons. The van der Waals surface area contributed by atoms with E-state index in [-0.39, 0.29) is 0 Å². The summed E-state index contributed by atoms with van der Waals surface area (Å²) in [4.78, 5) is 4.48. The Labute approximate surface area is 106 Å². The first-order valence-corrected chi connectivity index (χ1v) is 7.26. The Hall–Kier alpha value is -1.22. The van der Waals surface area contributed by atoms with Crippen LogP contribution < -0.4 is 5.32 Å². The number of fused-ring (bicyclic) bond motifs is 1. The summed E-state index contributed by atoms with van der Waals surface area (Å²) in [5.41, 5.74) is 2.22. The first-order chi connectivity index (χ1) is 8.42. The van der Waals surface area contributed by atoms with Gasteiger partial charge in [-0.25, -0.2) is 0 Å². The van der Waals surface area contributed by atoms with Crippen LogP contribution in [0.1, 0.15) is 12.8 Å². The summed E-state index contributed by atoms with van der Waals surface area (Å²) in [7, 11) is 0. The molecule has 3 rings (SSSR count). The second-order valence-electron chi connectivity index (χ2n) is 4.45. The van der Waals surface area contributed by atoms with Crippen molar-refractivity contribution >= 4 is 28.4 Å². The molecule has 0 radical (unpaired) electrons. The maximum Gasteiger partial charge on any atom is 0.0703 e. The number of thioether (sulfide) groups is 1. The van der Waals surface area contributed by atoms with E-state index in [0.29, 0.717) is 6.04 Å². The number of nitrogens with one attached hydrogen (secondary N) is 1. The zero-order valence-electron chi connectivity index (χ0n) is 9.73. The van der Waals surface area contributed by atoms with Crippen LogP contribution >= 0.6 is 11.8 Å². The minimum atomic E-state index is 0.624. The molecule has 3 heteroatoms. The van der Waals surface area contributed by atoms with Crippen LogP contribution in [-0.4, -0.2) is 22.5 Å². The molecule has 2 heterocycles. The smallest absolute Gasteiger partial charge is 0.0703 e. The number of para-hydroxylation sites is 1. The maximum atomic E-state index is 4.48. The van der Waals surface area contributed by atoms with Gasteiger partial charge in [-0.3, -0.25) is 4.98 Å². The molecule has 1 aliphatic heterocycles. The molecule has 2 nitrogen and oxygen atoms in total. The zero-order chi connectivity index (χ0) is 11.5. The molecule has 1 saturated heterocycles. The highest BCUT2D eigenvalue weighted by molar-refractivity contribution is 7.99. The molecule has 1 N–H and O–H groups in total. The number of benzene rings is 1. The van der Waals surface area contributed by atoms with Crippen molar-refractivity contribution in [2.24, 2.45) is 0 Å². The second kappa shape index (κ2) is 4.96. The van der Waals surface area contributed by atoms with Gasteiger partial charge in [0, 0.05) is 11.4 Å². The van der Waals surface area contributed by atoms with Crippen molar-refractivity contribution in [1.82, 2.24) is 4.98 Å². The molecule has 1 fully saturated rings. The van der Waals surface area contributed by atoms with Crippen LogP contribution in [0.4, 0.5) is 5.69 Å². The SMILES string of the molecule is c1ccc2ncc(NC3CCSCC3)cc2c1. The van der Waals surface area contributed by atoms with Gasteiger partial charge in [0.15, 0.2) is 0 Å². The van der Waals surface area contributed by atoms with Crippen molar-refractivity contribution in [2.75, 3.05) is 16.8 Å². The second-order valence-corrected chi connectivity index (χ2v) is 5.67. The highest BCUT2D eigenvalue weighted by Gasteiger charge is 2.13. The van der Waals surface area contributed by atoms with E-state index in [1.807, 2.05) is 12.3 Å². The molecule has 0 saturated carbocycles. The summed E-state index contributed by atoms with van der Waals surface area (Å²) >= 11 is 2.06. The van der Waals surface area contributed by atoms with E-state index in [9.17, 15) is 0 Å². The van der Waals surface area contributed by atoms with Crippen LogP contribution in [0.5, 0.6) is 0 Å². The highest BCUT2D eigenvalue weighted by atomic mass is 32.2. The summed E-state index contributed by atoms with van der Waals surface area (Å²) < 4.78 is 0. The fourth-order valence-electron chi connectivity index (χ4n) is 2.23. The van der Waals surface area contributed by atoms with Gasteiger partial charge in [0.05, 0.1) is 17.4 Å². The van der Waals surface area contributed by atoms with Crippen molar-refractivity contribution in [1.29, 1.82) is 0 Å². The lowest BCUT2D eigenvalue weighted by Crippen LogP contribution is -2.24. The van der Waals surface area contributed by atoms with E-state index in [2.05, 4.69) is 46.3 Å². The Kier molecular flexibility index (Phi) is 3.18. The lowest BCUT2D eigenvalue weighted by atomic mass is 10.1. The number of hydrogen-bond donors (Lipinski definition) is 1. The predicted molar refractivity (Wildman–Crippen MR) is 75.7 cm³/mol. The van der Waals surface area contributed by atoms with Gasteiger partial charge in [0.2, 0.25) is 0 Å². The normalized spacial score (nSPS) is 17.2. The molecule has 1 aromatic carbocycles. The van der Waals surface area contributed by atoms with Crippen molar-refractivity contribution in [2.45, 2.75) is 18.9 Å². The van der Waals surface area contributed by atoms with Gasteiger partial charge in [-0.2, -0.15) is 11.8 Å². The topological polar surface area (TPSA) is 24.9 Å². The van der Waals surface area contributed by atoms with Gasteiger partial charge in [-0.15, -0.1) is 0 Å². The Morgan fingerprint density at radius 1 is 1.18 bits per heavy atom. The number of nitrogens with zero attached hydrogens (tertiary/aromatic N) is 1. The summed E-state index contributed by atoms with van der Waals surface area (Å²) in [5, 5.41) is 4.81. The molecule has 0 unspecified atom stereocenters. The van der Waals surface area contributed by atoms with E-state index >= 15 is 0 Å². The highest BCUT2D eigenvalue weighted by Crippen LogP contribution is 2.22. The van der Waals surface area contributed by atoms with Gasteiger partial charge < -0.3 is 5.32 Å². The van der Waals surface area contributed by atoms with Crippen LogP contribution in [-0.2, 0) is 0 Å². The third kappa shape index (κ3) is 2.55. The summed E-state index contributed by atoms with van der Waals surface area (Å²) in [6.45, 7) is 0. The predicted octanol–water partition coefficient (Wildman–Crippen LogP) is 3.54. The average Bonchev–Trinajstić information content (AvgIpc) is 2.40. The minimum absolute atomic E-state index is 0.624. The van der Waals surface area contributed by atoms with Gasteiger partial charge in [0.25, 0.3) is 0 Å². The molecular formula is C14H16N2S. The van der Waals surface area contributed by atoms with Crippen LogP contribution in [0.3, 0.4) is 0 Å². The van der Waals surface area contributed by atoms with Gasteiger partial charge >= 0.3 is 0 Å². The fraction of sp³-hybridized carbons (Fsp3) is 0.357. The standard InChI is InChI=1S/C14H16N2S/c1-2-4-14-11(3-1)9-13(10-15-14)16-12-5-7-17-8-6-12/h1-4,9-10,12,16H,5-8H2. The average molecular weight is 244 g/mol. The van der Waals surface area contributed by atoms with Crippen LogP contribution in [0, 0.1) is 0 Å². The number of rotatable bonds is 2. The van der Waals surface area contributed by atoms with Crippen LogP contribution in [0.2, 0.25) is 0 Å². The van der Waals surface area contributed by atoms with Crippen molar-refractivity contribution in [3.63, 3.8) is 0 Å². The van der Waals surface area contributed by atoms with E-state index in [1.165, 1.54) is 29.7 Å². The molecule has 2 aromatic rings. The minimum Gasteiger partial charge on any atom is -0.381 e. The van der Waals surface area contributed by atoms with Crippen LogP contribution in [0.15, 0.2) is 36.5 Å². The maximum absolute atomic E-state index is 4.48. The monoisotopic (exact) mass is 244 g/mol. The third-order valence-electron chi connectivity index (χ3n) is 3.18. The number of aromatic nitrogens is 1. The zero-order valence-corrected chi connectivity index (χ0v) is 10.5. The Morgan fingerprint density at radius 3 is 2.88 bits per heavy atom.